The van der Waals surface area contributed by atoms with Crippen molar-refractivity contribution in [2.45, 2.75) is 44.9 Å². The van der Waals surface area contributed by atoms with Crippen LogP contribution < -0.4 is 4.90 Å². The van der Waals surface area contributed by atoms with Gasteiger partial charge in [-0.25, -0.2) is 4.98 Å². The lowest BCUT2D eigenvalue weighted by Crippen LogP contribution is -2.49. The number of hydrogen-bond donors (Lipinski definition) is 1. The molecular formula is C15H25N3O2S. The van der Waals surface area contributed by atoms with Crippen LogP contribution in [0.15, 0.2) is 0 Å². The fourth-order valence-corrected chi connectivity index (χ4v) is 4.40. The number of aliphatic hydroxyl groups excluding tert-OH is 1. The average molecular weight is 311 g/mol. The second kappa shape index (κ2) is 7.05. The van der Waals surface area contributed by atoms with Gasteiger partial charge in [0.05, 0.1) is 23.8 Å². The molecule has 2 aliphatic rings. The number of anilines is 1. The van der Waals surface area contributed by atoms with Gasteiger partial charge in [-0.05, 0) is 12.8 Å². The van der Waals surface area contributed by atoms with Gasteiger partial charge in [0.1, 0.15) is 0 Å². The fraction of sp³-hybridized carbons (Fsp3) is 0.800. The van der Waals surface area contributed by atoms with E-state index in [0.29, 0.717) is 6.61 Å². The number of rotatable bonds is 5. The topological polar surface area (TPSA) is 48.8 Å². The van der Waals surface area contributed by atoms with E-state index in [-0.39, 0.29) is 6.61 Å². The molecule has 1 aliphatic carbocycles. The van der Waals surface area contributed by atoms with Crippen molar-refractivity contribution >= 4 is 16.5 Å². The molecule has 2 heterocycles. The summed E-state index contributed by atoms with van der Waals surface area (Å²) in [6.07, 6.45) is 5.56. The SMILES string of the molecule is COCc1nc(N2CCN(C3CCCC3)CC2)sc1CO. The summed E-state index contributed by atoms with van der Waals surface area (Å²) < 4.78 is 5.16. The first-order chi connectivity index (χ1) is 10.3. The summed E-state index contributed by atoms with van der Waals surface area (Å²) in [5.41, 5.74) is 0.887. The predicted molar refractivity (Wildman–Crippen MR) is 84.8 cm³/mol. The molecule has 0 amide bonds. The number of thiazole rings is 1. The third-order valence-corrected chi connectivity index (χ3v) is 5.76. The molecule has 3 rings (SSSR count). The van der Waals surface area contributed by atoms with Gasteiger partial charge in [0.15, 0.2) is 5.13 Å². The summed E-state index contributed by atoms with van der Waals surface area (Å²) in [7, 11) is 1.67. The van der Waals surface area contributed by atoms with Crippen molar-refractivity contribution in [3.63, 3.8) is 0 Å². The predicted octanol–water partition coefficient (Wildman–Crippen LogP) is 1.85. The van der Waals surface area contributed by atoms with Crippen LogP contribution >= 0.6 is 11.3 Å². The molecule has 0 spiro atoms. The average Bonchev–Trinajstić information content (AvgIpc) is 3.17. The Bertz CT molecular complexity index is 452. The monoisotopic (exact) mass is 311 g/mol. The molecule has 21 heavy (non-hydrogen) atoms. The first-order valence-corrected chi connectivity index (χ1v) is 8.71. The molecule has 0 radical (unpaired) electrons. The summed E-state index contributed by atoms with van der Waals surface area (Å²) in [4.78, 5) is 10.6. The van der Waals surface area contributed by atoms with Crippen LogP contribution in [-0.2, 0) is 18.0 Å². The Balaban J connectivity index is 1.60. The van der Waals surface area contributed by atoms with Crippen molar-refractivity contribution in [1.29, 1.82) is 0 Å². The van der Waals surface area contributed by atoms with E-state index >= 15 is 0 Å². The van der Waals surface area contributed by atoms with Crippen molar-refractivity contribution in [3.05, 3.63) is 10.6 Å². The van der Waals surface area contributed by atoms with Crippen LogP contribution in [0, 0.1) is 0 Å². The molecule has 0 bridgehead atoms. The zero-order chi connectivity index (χ0) is 14.7. The van der Waals surface area contributed by atoms with Gasteiger partial charge in [0, 0.05) is 39.3 Å². The summed E-state index contributed by atoms with van der Waals surface area (Å²) in [5.74, 6) is 0. The second-order valence-electron chi connectivity index (χ2n) is 5.92. The number of aliphatic hydroxyl groups is 1. The van der Waals surface area contributed by atoms with Crippen molar-refractivity contribution in [2.75, 3.05) is 38.2 Å². The number of methoxy groups -OCH3 is 1. The second-order valence-corrected chi connectivity index (χ2v) is 6.98. The maximum Gasteiger partial charge on any atom is 0.186 e. The number of nitrogens with zero attached hydrogens (tertiary/aromatic N) is 3. The van der Waals surface area contributed by atoms with Gasteiger partial charge >= 0.3 is 0 Å². The first-order valence-electron chi connectivity index (χ1n) is 7.89. The maximum atomic E-state index is 9.43. The highest BCUT2D eigenvalue weighted by Crippen LogP contribution is 2.29. The van der Waals surface area contributed by atoms with E-state index in [1.54, 1.807) is 18.4 Å². The van der Waals surface area contributed by atoms with E-state index in [1.165, 1.54) is 25.7 Å². The first kappa shape index (κ1) is 15.2. The molecule has 6 heteroatoms. The van der Waals surface area contributed by atoms with Gasteiger partial charge in [0.25, 0.3) is 0 Å². The van der Waals surface area contributed by atoms with Crippen LogP contribution in [0.2, 0.25) is 0 Å². The molecule has 1 aromatic rings. The molecular weight excluding hydrogens is 286 g/mol. The third-order valence-electron chi connectivity index (χ3n) is 4.62. The molecule has 1 N–H and O–H groups in total. The van der Waals surface area contributed by atoms with Gasteiger partial charge in [-0.15, -0.1) is 0 Å². The van der Waals surface area contributed by atoms with E-state index in [2.05, 4.69) is 14.8 Å². The van der Waals surface area contributed by atoms with Gasteiger partial charge in [-0.1, -0.05) is 24.2 Å². The molecule has 2 fully saturated rings. The zero-order valence-corrected chi connectivity index (χ0v) is 13.6. The number of aromatic nitrogens is 1. The normalized spacial score (nSPS) is 21.3. The standard InChI is InChI=1S/C15H25N3O2S/c1-20-11-13-14(10-19)21-15(16-13)18-8-6-17(7-9-18)12-4-2-3-5-12/h12,19H,2-11H2,1H3. The molecule has 0 atom stereocenters. The smallest absolute Gasteiger partial charge is 0.186 e. The van der Waals surface area contributed by atoms with Gasteiger partial charge in [-0.3, -0.25) is 4.90 Å². The Labute approximate surface area is 130 Å². The van der Waals surface area contributed by atoms with Gasteiger partial charge in [-0.2, -0.15) is 0 Å². The Morgan fingerprint density at radius 2 is 1.95 bits per heavy atom. The lowest BCUT2D eigenvalue weighted by atomic mass is 10.2. The fourth-order valence-electron chi connectivity index (χ4n) is 3.43. The largest absolute Gasteiger partial charge is 0.391 e. The molecule has 1 saturated heterocycles. The van der Waals surface area contributed by atoms with Crippen LogP contribution in [0.5, 0.6) is 0 Å². The molecule has 1 saturated carbocycles. The number of ether oxygens (including phenoxy) is 1. The molecule has 1 aliphatic heterocycles. The van der Waals surface area contributed by atoms with Crippen molar-refractivity contribution < 1.29 is 9.84 Å². The summed E-state index contributed by atoms with van der Waals surface area (Å²) in [6, 6.07) is 0.820. The lowest BCUT2D eigenvalue weighted by molar-refractivity contribution is 0.178. The maximum absolute atomic E-state index is 9.43. The molecule has 0 unspecified atom stereocenters. The van der Waals surface area contributed by atoms with Crippen LogP contribution in [0.4, 0.5) is 5.13 Å². The summed E-state index contributed by atoms with van der Waals surface area (Å²) in [6.45, 7) is 4.89. The van der Waals surface area contributed by atoms with Crippen LogP contribution in [0.1, 0.15) is 36.3 Å². The minimum absolute atomic E-state index is 0.0540. The summed E-state index contributed by atoms with van der Waals surface area (Å²) >= 11 is 1.61. The van der Waals surface area contributed by atoms with Crippen LogP contribution in [-0.4, -0.2) is 54.3 Å². The molecule has 118 valence electrons. The Hall–Kier alpha value is -0.690. The third kappa shape index (κ3) is 3.39. The van der Waals surface area contributed by atoms with Crippen molar-refractivity contribution in [3.8, 4) is 0 Å². The van der Waals surface area contributed by atoms with E-state index in [1.807, 2.05) is 0 Å². The van der Waals surface area contributed by atoms with Crippen molar-refractivity contribution in [2.24, 2.45) is 0 Å². The Morgan fingerprint density at radius 1 is 1.24 bits per heavy atom. The Morgan fingerprint density at radius 3 is 2.57 bits per heavy atom. The molecule has 1 aromatic heterocycles. The highest BCUT2D eigenvalue weighted by Gasteiger charge is 2.27. The summed E-state index contributed by atoms with van der Waals surface area (Å²) in [5, 5.41) is 10.5. The minimum atomic E-state index is 0.0540. The number of piperazine rings is 1. The minimum Gasteiger partial charge on any atom is -0.391 e. The van der Waals surface area contributed by atoms with E-state index in [9.17, 15) is 5.11 Å². The van der Waals surface area contributed by atoms with E-state index in [0.717, 1.165) is 47.9 Å². The highest BCUT2D eigenvalue weighted by atomic mass is 32.1. The zero-order valence-electron chi connectivity index (χ0n) is 12.8. The Kier molecular flexibility index (Phi) is 5.11. The molecule has 5 nitrogen and oxygen atoms in total. The van der Waals surface area contributed by atoms with E-state index in [4.69, 9.17) is 4.74 Å². The van der Waals surface area contributed by atoms with Gasteiger partial charge in [0.2, 0.25) is 0 Å². The quantitative estimate of drug-likeness (QED) is 0.899. The van der Waals surface area contributed by atoms with Crippen molar-refractivity contribution in [1.82, 2.24) is 9.88 Å². The lowest BCUT2D eigenvalue weighted by Gasteiger charge is -2.37. The highest BCUT2D eigenvalue weighted by molar-refractivity contribution is 7.15. The van der Waals surface area contributed by atoms with Gasteiger partial charge < -0.3 is 14.7 Å². The van der Waals surface area contributed by atoms with E-state index < -0.39 is 0 Å². The van der Waals surface area contributed by atoms with Crippen LogP contribution in [0.25, 0.3) is 0 Å². The number of hydrogen-bond acceptors (Lipinski definition) is 6. The van der Waals surface area contributed by atoms with Crippen LogP contribution in [0.3, 0.4) is 0 Å². The molecule has 0 aromatic carbocycles.